The van der Waals surface area contributed by atoms with Crippen molar-refractivity contribution in [2.75, 3.05) is 27.3 Å². The predicted octanol–water partition coefficient (Wildman–Crippen LogP) is 4.33. The van der Waals surface area contributed by atoms with Crippen LogP contribution in [0.1, 0.15) is 71.6 Å². The molecule has 174 valence electrons. The van der Waals surface area contributed by atoms with Crippen molar-refractivity contribution < 1.29 is 19.1 Å². The summed E-state index contributed by atoms with van der Waals surface area (Å²) >= 11 is 0. The van der Waals surface area contributed by atoms with Crippen molar-refractivity contribution in [1.29, 1.82) is 0 Å². The molecule has 2 amide bonds. The highest BCUT2D eigenvalue weighted by molar-refractivity contribution is 6.01. The van der Waals surface area contributed by atoms with Crippen LogP contribution in [-0.4, -0.2) is 55.0 Å². The zero-order chi connectivity index (χ0) is 23.1. The summed E-state index contributed by atoms with van der Waals surface area (Å²) in [7, 11) is 3.25. The van der Waals surface area contributed by atoms with Crippen molar-refractivity contribution in [3.63, 3.8) is 0 Å². The van der Waals surface area contributed by atoms with Gasteiger partial charge in [0.1, 0.15) is 0 Å². The number of benzene rings is 2. The van der Waals surface area contributed by atoms with E-state index in [-0.39, 0.29) is 23.9 Å². The van der Waals surface area contributed by atoms with Crippen molar-refractivity contribution >= 4 is 11.8 Å². The smallest absolute Gasteiger partial charge is 0.254 e. The number of fused-ring (bicyclic) bond motifs is 4. The van der Waals surface area contributed by atoms with Crippen LogP contribution in [0.3, 0.4) is 0 Å². The van der Waals surface area contributed by atoms with Gasteiger partial charge in [0, 0.05) is 24.7 Å². The SMILES string of the molecule is CC[C@@H]1CCCCN1C(=O)[C@@H]1c2ccccc2C(=O)N2CCc3cc(OC)c(OC)cc3[C@H]12. The highest BCUT2D eigenvalue weighted by atomic mass is 16.5. The Morgan fingerprint density at radius 1 is 1.03 bits per heavy atom. The molecule has 0 unspecified atom stereocenters. The molecule has 3 aliphatic rings. The second-order valence-electron chi connectivity index (χ2n) is 9.25. The van der Waals surface area contributed by atoms with E-state index in [0.29, 0.717) is 23.6 Å². The van der Waals surface area contributed by atoms with Gasteiger partial charge in [-0.3, -0.25) is 9.59 Å². The summed E-state index contributed by atoms with van der Waals surface area (Å²) in [6, 6.07) is 11.6. The van der Waals surface area contributed by atoms with Crippen LogP contribution in [0.2, 0.25) is 0 Å². The number of methoxy groups -OCH3 is 2. The fourth-order valence-corrected chi connectivity index (χ4v) is 6.01. The molecule has 1 saturated heterocycles. The first-order chi connectivity index (χ1) is 16.1. The van der Waals surface area contributed by atoms with Crippen LogP contribution in [0.5, 0.6) is 11.5 Å². The second-order valence-corrected chi connectivity index (χ2v) is 9.25. The number of likely N-dealkylation sites (tertiary alicyclic amines) is 1. The summed E-state index contributed by atoms with van der Waals surface area (Å²) in [5.74, 6) is 1.02. The average molecular weight is 449 g/mol. The Bertz CT molecular complexity index is 1080. The third kappa shape index (κ3) is 3.47. The Morgan fingerprint density at radius 2 is 1.79 bits per heavy atom. The van der Waals surface area contributed by atoms with E-state index in [0.717, 1.165) is 55.3 Å². The van der Waals surface area contributed by atoms with Gasteiger partial charge in [0.05, 0.1) is 26.2 Å². The maximum absolute atomic E-state index is 14.3. The van der Waals surface area contributed by atoms with Gasteiger partial charge in [0.2, 0.25) is 5.91 Å². The lowest BCUT2D eigenvalue weighted by atomic mass is 9.75. The average Bonchev–Trinajstić information content (AvgIpc) is 2.87. The van der Waals surface area contributed by atoms with Gasteiger partial charge < -0.3 is 19.3 Å². The topological polar surface area (TPSA) is 59.1 Å². The first-order valence-corrected chi connectivity index (χ1v) is 12.0. The van der Waals surface area contributed by atoms with E-state index in [9.17, 15) is 9.59 Å². The molecule has 0 spiro atoms. The quantitative estimate of drug-likeness (QED) is 0.699. The molecule has 2 aromatic carbocycles. The highest BCUT2D eigenvalue weighted by Gasteiger charge is 2.48. The van der Waals surface area contributed by atoms with E-state index in [4.69, 9.17) is 9.47 Å². The molecule has 0 radical (unpaired) electrons. The predicted molar refractivity (Wildman–Crippen MR) is 126 cm³/mol. The zero-order valence-electron chi connectivity index (χ0n) is 19.7. The number of ether oxygens (including phenoxy) is 2. The van der Waals surface area contributed by atoms with Crippen molar-refractivity contribution in [2.45, 2.75) is 57.0 Å². The molecule has 1 fully saturated rings. The Labute approximate surface area is 195 Å². The molecular formula is C27H32N2O4. The van der Waals surface area contributed by atoms with Gasteiger partial charge in [-0.1, -0.05) is 25.1 Å². The van der Waals surface area contributed by atoms with Gasteiger partial charge in [-0.25, -0.2) is 0 Å². The van der Waals surface area contributed by atoms with Crippen LogP contribution in [0, 0.1) is 0 Å². The number of rotatable bonds is 4. The van der Waals surface area contributed by atoms with Crippen LogP contribution in [0.15, 0.2) is 36.4 Å². The molecule has 0 aliphatic carbocycles. The number of piperidine rings is 1. The summed E-state index contributed by atoms with van der Waals surface area (Å²) in [5.41, 5.74) is 3.60. The fraction of sp³-hybridized carbons (Fsp3) is 0.481. The number of hydrogen-bond acceptors (Lipinski definition) is 4. The maximum Gasteiger partial charge on any atom is 0.254 e. The minimum atomic E-state index is -0.428. The lowest BCUT2D eigenvalue weighted by Gasteiger charge is -2.47. The molecule has 0 N–H and O–H groups in total. The van der Waals surface area contributed by atoms with Gasteiger partial charge in [0.15, 0.2) is 11.5 Å². The van der Waals surface area contributed by atoms with E-state index in [2.05, 4.69) is 11.8 Å². The third-order valence-electron chi connectivity index (χ3n) is 7.67. The number of hydrogen-bond donors (Lipinski definition) is 0. The first-order valence-electron chi connectivity index (χ1n) is 12.0. The standard InChI is InChI=1S/C27H32N2O4/c1-4-18-9-7-8-13-28(18)27(31)24-19-10-5-6-11-20(19)26(30)29-14-12-17-15-22(32-2)23(33-3)16-21(17)25(24)29/h5-6,10-11,15-16,18,24-25H,4,7-9,12-14H2,1-3H3/t18-,24-,25-/m1/s1. The van der Waals surface area contributed by atoms with Gasteiger partial charge in [-0.2, -0.15) is 0 Å². The molecule has 33 heavy (non-hydrogen) atoms. The van der Waals surface area contributed by atoms with Crippen LogP contribution in [0.25, 0.3) is 0 Å². The minimum absolute atomic E-state index is 0.00534. The Kier molecular flexibility index (Phi) is 5.77. The summed E-state index contributed by atoms with van der Waals surface area (Å²) < 4.78 is 11.1. The Balaban J connectivity index is 1.67. The van der Waals surface area contributed by atoms with Crippen molar-refractivity contribution in [1.82, 2.24) is 9.80 Å². The van der Waals surface area contributed by atoms with E-state index < -0.39 is 5.92 Å². The molecule has 6 nitrogen and oxygen atoms in total. The number of carbonyl (C=O) groups is 2. The van der Waals surface area contributed by atoms with Crippen LogP contribution in [0.4, 0.5) is 0 Å². The normalized spacial score (nSPS) is 24.0. The summed E-state index contributed by atoms with van der Waals surface area (Å²) in [5, 5.41) is 0. The van der Waals surface area contributed by atoms with Crippen LogP contribution >= 0.6 is 0 Å². The largest absolute Gasteiger partial charge is 0.493 e. The molecule has 3 heterocycles. The monoisotopic (exact) mass is 448 g/mol. The Morgan fingerprint density at radius 3 is 2.55 bits per heavy atom. The lowest BCUT2D eigenvalue weighted by Crippen LogP contribution is -2.53. The highest BCUT2D eigenvalue weighted by Crippen LogP contribution is 2.49. The maximum atomic E-state index is 14.3. The van der Waals surface area contributed by atoms with Crippen molar-refractivity contribution in [3.05, 3.63) is 58.7 Å². The summed E-state index contributed by atoms with van der Waals surface area (Å²) in [6.07, 6.45) is 4.92. The molecule has 3 atom stereocenters. The molecule has 3 aliphatic heterocycles. The van der Waals surface area contributed by atoms with E-state index in [1.54, 1.807) is 14.2 Å². The first kappa shape index (κ1) is 21.8. The fourth-order valence-electron chi connectivity index (χ4n) is 6.01. The minimum Gasteiger partial charge on any atom is -0.493 e. The van der Waals surface area contributed by atoms with Crippen LogP contribution in [-0.2, 0) is 11.2 Å². The lowest BCUT2D eigenvalue weighted by molar-refractivity contribution is -0.138. The van der Waals surface area contributed by atoms with E-state index in [1.165, 1.54) is 0 Å². The van der Waals surface area contributed by atoms with Crippen molar-refractivity contribution in [3.8, 4) is 11.5 Å². The molecular weight excluding hydrogens is 416 g/mol. The second kappa shape index (κ2) is 8.73. The van der Waals surface area contributed by atoms with Crippen molar-refractivity contribution in [2.24, 2.45) is 0 Å². The van der Waals surface area contributed by atoms with Gasteiger partial charge in [-0.05, 0) is 67.0 Å². The zero-order valence-corrected chi connectivity index (χ0v) is 19.7. The van der Waals surface area contributed by atoms with Crippen LogP contribution < -0.4 is 9.47 Å². The summed E-state index contributed by atoms with van der Waals surface area (Å²) in [6.45, 7) is 3.53. The van der Waals surface area contributed by atoms with Gasteiger partial charge >= 0.3 is 0 Å². The molecule has 5 rings (SSSR count). The third-order valence-corrected chi connectivity index (χ3v) is 7.67. The molecule has 0 aromatic heterocycles. The molecule has 0 saturated carbocycles. The van der Waals surface area contributed by atoms with E-state index in [1.807, 2.05) is 41.3 Å². The van der Waals surface area contributed by atoms with Gasteiger partial charge in [-0.15, -0.1) is 0 Å². The number of amides is 2. The number of nitrogens with zero attached hydrogens (tertiary/aromatic N) is 2. The van der Waals surface area contributed by atoms with Gasteiger partial charge in [0.25, 0.3) is 5.91 Å². The number of carbonyl (C=O) groups excluding carboxylic acids is 2. The molecule has 2 aromatic rings. The summed E-state index contributed by atoms with van der Waals surface area (Å²) in [4.78, 5) is 31.8. The molecule has 6 heteroatoms. The molecule has 0 bridgehead atoms. The Hall–Kier alpha value is -3.02. The van der Waals surface area contributed by atoms with E-state index >= 15 is 0 Å².